The molecule has 1 rings (SSSR count). The third kappa shape index (κ3) is 4.32. The van der Waals surface area contributed by atoms with Gasteiger partial charge in [0, 0.05) is 4.75 Å². The van der Waals surface area contributed by atoms with Crippen LogP contribution < -0.4 is 0 Å². The van der Waals surface area contributed by atoms with Gasteiger partial charge in [-0.3, -0.25) is 4.79 Å². The molecule has 1 aliphatic heterocycles. The van der Waals surface area contributed by atoms with E-state index in [0.29, 0.717) is 13.0 Å². The number of carbonyl (C=O) groups is 1. The molecule has 3 unspecified atom stereocenters. The summed E-state index contributed by atoms with van der Waals surface area (Å²) < 4.78 is 4.98. The minimum atomic E-state index is -0.578. The van der Waals surface area contributed by atoms with E-state index in [1.165, 1.54) is 5.57 Å². The van der Waals surface area contributed by atoms with Gasteiger partial charge in [0.25, 0.3) is 0 Å². The van der Waals surface area contributed by atoms with E-state index in [0.717, 1.165) is 12.8 Å². The molecule has 18 heavy (non-hydrogen) atoms. The number of rotatable bonds is 5. The maximum Gasteiger partial charge on any atom is 0.321 e. The van der Waals surface area contributed by atoms with Crippen LogP contribution in [-0.4, -0.2) is 33.8 Å². The van der Waals surface area contributed by atoms with Crippen molar-refractivity contribution in [3.8, 4) is 0 Å². The Hall–Kier alpha value is -0.480. The Bertz CT molecular complexity index is 323. The lowest BCUT2D eigenvalue weighted by molar-refractivity contribution is -0.144. The monoisotopic (exact) mass is 272 g/mol. The summed E-state index contributed by atoms with van der Waals surface area (Å²) in [6.45, 7) is 8.45. The molecule has 0 radical (unpaired) electrons. The maximum atomic E-state index is 11.7. The number of aliphatic hydroxyl groups is 1. The van der Waals surface area contributed by atoms with Gasteiger partial charge in [0.05, 0.1) is 12.7 Å². The fourth-order valence-corrected chi connectivity index (χ4v) is 3.77. The second kappa shape index (κ2) is 6.62. The number of thioether (sulfide) groups is 1. The zero-order chi connectivity index (χ0) is 13.8. The molecule has 1 saturated heterocycles. The SMILES string of the molecule is CCOC(=O)C1SC(C)(CCC=C(C)C)CC1O. The number of carbonyl (C=O) groups excluding carboxylic acids is 1. The normalized spacial score (nSPS) is 31.2. The number of ether oxygens (including phenoxy) is 1. The van der Waals surface area contributed by atoms with Crippen LogP contribution in [0.2, 0.25) is 0 Å². The molecule has 0 spiro atoms. The molecule has 0 aromatic heterocycles. The van der Waals surface area contributed by atoms with Crippen molar-refractivity contribution >= 4 is 17.7 Å². The van der Waals surface area contributed by atoms with Crippen LogP contribution in [0.5, 0.6) is 0 Å². The van der Waals surface area contributed by atoms with E-state index in [1.807, 2.05) is 0 Å². The van der Waals surface area contributed by atoms with E-state index in [2.05, 4.69) is 26.8 Å². The number of allylic oxidation sites excluding steroid dienone is 2. The lowest BCUT2D eigenvalue weighted by atomic mass is 9.96. The number of esters is 1. The molecule has 1 N–H and O–H groups in total. The van der Waals surface area contributed by atoms with Crippen molar-refractivity contribution in [3.05, 3.63) is 11.6 Å². The summed E-state index contributed by atoms with van der Waals surface area (Å²) in [4.78, 5) is 11.7. The zero-order valence-corrected chi connectivity index (χ0v) is 12.5. The van der Waals surface area contributed by atoms with Gasteiger partial charge >= 0.3 is 5.97 Å². The molecule has 1 fully saturated rings. The summed E-state index contributed by atoms with van der Waals surface area (Å²) in [5, 5.41) is 9.58. The first-order valence-electron chi connectivity index (χ1n) is 6.54. The van der Waals surface area contributed by atoms with Gasteiger partial charge in [-0.1, -0.05) is 18.6 Å². The van der Waals surface area contributed by atoms with Crippen LogP contribution in [0.1, 0.15) is 47.0 Å². The van der Waals surface area contributed by atoms with Gasteiger partial charge in [-0.05, 0) is 40.0 Å². The molecule has 3 atom stereocenters. The smallest absolute Gasteiger partial charge is 0.321 e. The minimum Gasteiger partial charge on any atom is -0.465 e. The Balaban J connectivity index is 2.55. The molecular weight excluding hydrogens is 248 g/mol. The zero-order valence-electron chi connectivity index (χ0n) is 11.7. The topological polar surface area (TPSA) is 46.5 Å². The summed E-state index contributed by atoms with van der Waals surface area (Å²) in [7, 11) is 0. The molecule has 104 valence electrons. The highest BCUT2D eigenvalue weighted by Gasteiger charge is 2.45. The predicted molar refractivity (Wildman–Crippen MR) is 75.7 cm³/mol. The first kappa shape index (κ1) is 15.6. The molecule has 1 heterocycles. The van der Waals surface area contributed by atoms with Crippen LogP contribution in [-0.2, 0) is 9.53 Å². The van der Waals surface area contributed by atoms with Crippen molar-refractivity contribution in [1.29, 1.82) is 0 Å². The summed E-state index contributed by atoms with van der Waals surface area (Å²) >= 11 is 1.57. The molecule has 4 heteroatoms. The average Bonchev–Trinajstić information content (AvgIpc) is 2.54. The highest BCUT2D eigenvalue weighted by atomic mass is 32.2. The van der Waals surface area contributed by atoms with Crippen LogP contribution in [0.4, 0.5) is 0 Å². The molecule has 0 aromatic carbocycles. The van der Waals surface area contributed by atoms with E-state index >= 15 is 0 Å². The average molecular weight is 272 g/mol. The summed E-state index contributed by atoms with van der Waals surface area (Å²) in [6.07, 6.45) is 4.27. The molecule has 0 bridgehead atoms. The fraction of sp³-hybridized carbons (Fsp3) is 0.786. The molecule has 0 amide bonds. The Labute approximate surface area is 114 Å². The predicted octanol–water partition coefficient (Wildman–Crippen LogP) is 2.92. The molecule has 0 aromatic rings. The maximum absolute atomic E-state index is 11.7. The Morgan fingerprint density at radius 3 is 2.78 bits per heavy atom. The van der Waals surface area contributed by atoms with E-state index in [-0.39, 0.29) is 10.7 Å². The third-order valence-electron chi connectivity index (χ3n) is 3.15. The van der Waals surface area contributed by atoms with Gasteiger partial charge in [-0.15, -0.1) is 11.8 Å². The summed E-state index contributed by atoms with van der Waals surface area (Å²) in [5.74, 6) is -0.277. The van der Waals surface area contributed by atoms with Crippen LogP contribution in [0.15, 0.2) is 11.6 Å². The third-order valence-corrected chi connectivity index (χ3v) is 4.85. The van der Waals surface area contributed by atoms with E-state index in [1.54, 1.807) is 18.7 Å². The largest absolute Gasteiger partial charge is 0.465 e. The van der Waals surface area contributed by atoms with Gasteiger partial charge in [-0.25, -0.2) is 0 Å². The Kier molecular flexibility index (Phi) is 5.73. The first-order valence-corrected chi connectivity index (χ1v) is 7.42. The first-order chi connectivity index (χ1) is 8.38. The second-order valence-corrected chi connectivity index (χ2v) is 7.06. The lowest BCUT2D eigenvalue weighted by Crippen LogP contribution is -2.28. The summed E-state index contributed by atoms with van der Waals surface area (Å²) in [6, 6.07) is 0. The molecule has 1 aliphatic rings. The molecule has 0 aliphatic carbocycles. The lowest BCUT2D eigenvalue weighted by Gasteiger charge is -2.22. The fourth-order valence-electron chi connectivity index (χ4n) is 2.24. The number of aliphatic hydroxyl groups excluding tert-OH is 1. The Morgan fingerprint density at radius 1 is 1.56 bits per heavy atom. The molecule has 3 nitrogen and oxygen atoms in total. The second-order valence-electron chi connectivity index (χ2n) is 5.33. The summed E-state index contributed by atoms with van der Waals surface area (Å²) in [5.41, 5.74) is 1.31. The van der Waals surface area contributed by atoms with Crippen LogP contribution >= 0.6 is 11.8 Å². The molecular formula is C14H24O3S. The van der Waals surface area contributed by atoms with E-state index in [9.17, 15) is 9.90 Å². The van der Waals surface area contributed by atoms with Gasteiger partial charge in [0.15, 0.2) is 0 Å². The number of hydrogen-bond donors (Lipinski definition) is 1. The Morgan fingerprint density at radius 2 is 2.22 bits per heavy atom. The van der Waals surface area contributed by atoms with E-state index < -0.39 is 11.4 Å². The highest BCUT2D eigenvalue weighted by Crippen LogP contribution is 2.46. The van der Waals surface area contributed by atoms with Crippen molar-refractivity contribution in [2.45, 2.75) is 63.1 Å². The van der Waals surface area contributed by atoms with Gasteiger partial charge in [0.2, 0.25) is 0 Å². The van der Waals surface area contributed by atoms with Crippen molar-refractivity contribution in [1.82, 2.24) is 0 Å². The van der Waals surface area contributed by atoms with Crippen molar-refractivity contribution in [2.24, 2.45) is 0 Å². The number of hydrogen-bond acceptors (Lipinski definition) is 4. The van der Waals surface area contributed by atoms with Crippen LogP contribution in [0, 0.1) is 0 Å². The van der Waals surface area contributed by atoms with E-state index in [4.69, 9.17) is 4.74 Å². The van der Waals surface area contributed by atoms with Crippen LogP contribution in [0.3, 0.4) is 0 Å². The molecule has 0 saturated carbocycles. The highest BCUT2D eigenvalue weighted by molar-refractivity contribution is 8.02. The van der Waals surface area contributed by atoms with Gasteiger partial charge in [-0.2, -0.15) is 0 Å². The van der Waals surface area contributed by atoms with Gasteiger partial charge < -0.3 is 9.84 Å². The quantitative estimate of drug-likeness (QED) is 0.617. The van der Waals surface area contributed by atoms with Crippen LogP contribution in [0.25, 0.3) is 0 Å². The minimum absolute atomic E-state index is 0.0250. The van der Waals surface area contributed by atoms with Crippen molar-refractivity contribution in [2.75, 3.05) is 6.61 Å². The standard InChI is InChI=1S/C14H24O3S/c1-5-17-13(16)12-11(15)9-14(4,18-12)8-6-7-10(2)3/h7,11-12,15H,5-6,8-9H2,1-4H3. The van der Waals surface area contributed by atoms with Crippen molar-refractivity contribution in [3.63, 3.8) is 0 Å². The van der Waals surface area contributed by atoms with Crippen molar-refractivity contribution < 1.29 is 14.6 Å². The van der Waals surface area contributed by atoms with Gasteiger partial charge in [0.1, 0.15) is 5.25 Å².